The molecular weight excluding hydrogens is 466 g/mol. The zero-order chi connectivity index (χ0) is 24.5. The minimum Gasteiger partial charge on any atom is -0.456 e. The van der Waals surface area contributed by atoms with Crippen LogP contribution >= 0.6 is 0 Å². The van der Waals surface area contributed by atoms with Gasteiger partial charge < -0.3 is 4.74 Å². The first-order valence-electron chi connectivity index (χ1n) is 13.2. The maximum atomic E-state index is 6.80. The summed E-state index contributed by atoms with van der Waals surface area (Å²) in [6, 6.07) is 26.7. The largest absolute Gasteiger partial charge is 0.456 e. The third-order valence-corrected chi connectivity index (χ3v) is 9.45. The average molecular weight is 486 g/mol. The van der Waals surface area contributed by atoms with Crippen LogP contribution in [0.15, 0.2) is 97.6 Å². The standard InChI is InChI=1S/C34H19N3O/c1-35-16-24-21-11-13-27-31-29(21)33-23(25(24)17-35)9-5-15-37(33)34(31)30-26(38-27)12-10-20-18-6-2-3-7-19(18)22-8-4-14-36(34)32(22)28(20)30/h2-17H,1H3/q+2. The lowest BCUT2D eigenvalue weighted by atomic mass is 9.85. The Morgan fingerprint density at radius 3 is 2.11 bits per heavy atom. The maximum Gasteiger partial charge on any atom is 0.309 e. The van der Waals surface area contributed by atoms with Crippen molar-refractivity contribution in [2.75, 3.05) is 0 Å². The first-order chi connectivity index (χ1) is 18.8. The highest BCUT2D eigenvalue weighted by atomic mass is 16.5. The molecule has 174 valence electrons. The summed E-state index contributed by atoms with van der Waals surface area (Å²) in [6.07, 6.45) is 9.09. The number of fused-ring (bicyclic) bond motifs is 6. The fraction of sp³-hybridized carbons (Fsp3) is 0.0588. The number of pyridine rings is 2. The van der Waals surface area contributed by atoms with Gasteiger partial charge in [0.1, 0.15) is 29.7 Å². The fourth-order valence-electron chi connectivity index (χ4n) is 8.28. The van der Waals surface area contributed by atoms with Crippen LogP contribution in [-0.4, -0.2) is 4.57 Å². The molecular formula is C34H19N3O+2. The molecule has 0 saturated heterocycles. The average Bonchev–Trinajstić information content (AvgIpc) is 3.61. The molecule has 1 unspecified atom stereocenters. The van der Waals surface area contributed by atoms with E-state index in [1.54, 1.807) is 0 Å². The number of benzene rings is 5. The molecule has 0 aliphatic carbocycles. The van der Waals surface area contributed by atoms with Gasteiger partial charge in [0.15, 0.2) is 18.6 Å². The number of hydrogen-bond donors (Lipinski definition) is 0. The molecule has 3 aliphatic heterocycles. The molecule has 5 aromatic carbocycles. The molecule has 0 saturated carbocycles. The zero-order valence-electron chi connectivity index (χ0n) is 20.5. The summed E-state index contributed by atoms with van der Waals surface area (Å²) >= 11 is 0. The van der Waals surface area contributed by atoms with Gasteiger partial charge in [0.25, 0.3) is 0 Å². The second-order valence-electron chi connectivity index (χ2n) is 11.1. The minimum atomic E-state index is -0.538. The fourth-order valence-corrected chi connectivity index (χ4v) is 8.28. The number of hydrogen-bond acceptors (Lipinski definition) is 1. The second kappa shape index (κ2) is 5.48. The van der Waals surface area contributed by atoms with Crippen molar-refractivity contribution >= 4 is 64.9 Å². The van der Waals surface area contributed by atoms with E-state index in [-0.39, 0.29) is 0 Å². The lowest BCUT2D eigenvalue weighted by Crippen LogP contribution is -2.59. The van der Waals surface area contributed by atoms with E-state index >= 15 is 0 Å². The highest BCUT2D eigenvalue weighted by molar-refractivity contribution is 6.29. The maximum absolute atomic E-state index is 6.80. The Morgan fingerprint density at radius 2 is 1.29 bits per heavy atom. The highest BCUT2D eigenvalue weighted by Gasteiger charge is 2.62. The van der Waals surface area contributed by atoms with Gasteiger partial charge in [-0.1, -0.05) is 30.3 Å². The Hall–Kier alpha value is -4.96. The van der Waals surface area contributed by atoms with Gasteiger partial charge in [0.2, 0.25) is 5.52 Å². The van der Waals surface area contributed by atoms with Gasteiger partial charge >= 0.3 is 5.66 Å². The molecule has 11 rings (SSSR count). The molecule has 1 spiro atoms. The van der Waals surface area contributed by atoms with E-state index in [1.807, 2.05) is 0 Å². The van der Waals surface area contributed by atoms with Gasteiger partial charge in [-0.3, -0.25) is 4.57 Å². The van der Waals surface area contributed by atoms with Gasteiger partial charge in [-0.2, -0.15) is 4.57 Å². The van der Waals surface area contributed by atoms with Crippen LogP contribution in [0.1, 0.15) is 11.1 Å². The molecule has 4 nitrogen and oxygen atoms in total. The Bertz CT molecular complexity index is 2500. The van der Waals surface area contributed by atoms with Crippen molar-refractivity contribution in [3.63, 3.8) is 0 Å². The molecule has 0 bridgehead atoms. The lowest BCUT2D eigenvalue weighted by molar-refractivity contribution is -0.721. The van der Waals surface area contributed by atoms with Gasteiger partial charge in [0.05, 0.1) is 27.1 Å². The van der Waals surface area contributed by atoms with Crippen molar-refractivity contribution in [2.24, 2.45) is 7.05 Å². The molecule has 38 heavy (non-hydrogen) atoms. The van der Waals surface area contributed by atoms with E-state index in [9.17, 15) is 0 Å². The molecule has 0 fully saturated rings. The summed E-state index contributed by atoms with van der Waals surface area (Å²) in [5.74, 6) is 1.90. The van der Waals surface area contributed by atoms with Crippen molar-refractivity contribution in [3.05, 3.63) is 109 Å². The van der Waals surface area contributed by atoms with Crippen LogP contribution in [0, 0.1) is 0 Å². The molecule has 6 heterocycles. The van der Waals surface area contributed by atoms with Crippen LogP contribution in [-0.2, 0) is 12.7 Å². The third-order valence-electron chi connectivity index (χ3n) is 9.45. The predicted octanol–water partition coefficient (Wildman–Crippen LogP) is 6.55. The van der Waals surface area contributed by atoms with Gasteiger partial charge in [-0.05, 0) is 57.9 Å². The smallest absolute Gasteiger partial charge is 0.309 e. The Kier molecular flexibility index (Phi) is 2.64. The summed E-state index contributed by atoms with van der Waals surface area (Å²) in [5, 5.41) is 12.9. The summed E-state index contributed by atoms with van der Waals surface area (Å²) in [7, 11) is 2.12. The van der Waals surface area contributed by atoms with Gasteiger partial charge in [-0.15, -0.1) is 0 Å². The first kappa shape index (κ1) is 18.3. The number of ether oxygens (including phenoxy) is 1. The lowest BCUT2D eigenvalue weighted by Gasteiger charge is -2.32. The van der Waals surface area contributed by atoms with Crippen LogP contribution in [0.25, 0.3) is 64.9 Å². The van der Waals surface area contributed by atoms with Crippen molar-refractivity contribution in [1.29, 1.82) is 0 Å². The number of rotatable bonds is 0. The molecule has 0 N–H and O–H groups in total. The number of aryl methyl sites for hydroxylation is 1. The Balaban J connectivity index is 1.50. The predicted molar refractivity (Wildman–Crippen MR) is 149 cm³/mol. The van der Waals surface area contributed by atoms with E-state index < -0.39 is 5.66 Å². The monoisotopic (exact) mass is 485 g/mol. The van der Waals surface area contributed by atoms with E-state index in [0.29, 0.717) is 0 Å². The molecule has 0 amide bonds. The summed E-state index contributed by atoms with van der Waals surface area (Å²) in [5.41, 5.74) is 4.55. The minimum absolute atomic E-state index is 0.538. The Morgan fingerprint density at radius 1 is 0.632 bits per heavy atom. The van der Waals surface area contributed by atoms with Crippen molar-refractivity contribution < 1.29 is 13.9 Å². The summed E-state index contributed by atoms with van der Waals surface area (Å²) < 4.78 is 14.1. The van der Waals surface area contributed by atoms with E-state index in [2.05, 4.69) is 118 Å². The first-order valence-corrected chi connectivity index (χ1v) is 13.2. The van der Waals surface area contributed by atoms with Gasteiger partial charge in [0, 0.05) is 23.0 Å². The van der Waals surface area contributed by atoms with Crippen molar-refractivity contribution in [2.45, 2.75) is 5.66 Å². The van der Waals surface area contributed by atoms with Gasteiger partial charge in [-0.25, -0.2) is 4.57 Å². The molecule has 3 aliphatic rings. The second-order valence-corrected chi connectivity index (χ2v) is 11.1. The van der Waals surface area contributed by atoms with Crippen molar-refractivity contribution in [1.82, 2.24) is 4.57 Å². The highest BCUT2D eigenvalue weighted by Crippen LogP contribution is 2.61. The summed E-state index contributed by atoms with van der Waals surface area (Å²) in [4.78, 5) is 0. The molecule has 0 radical (unpaired) electrons. The van der Waals surface area contributed by atoms with Crippen LogP contribution in [0.3, 0.4) is 0 Å². The normalized spacial score (nSPS) is 17.9. The topological polar surface area (TPSA) is 21.9 Å². The van der Waals surface area contributed by atoms with Crippen molar-refractivity contribution in [3.8, 4) is 11.5 Å². The molecule has 8 aromatic rings. The number of nitrogens with zero attached hydrogens (tertiary/aromatic N) is 3. The molecule has 3 aromatic heterocycles. The SMILES string of the molecule is C[n+]1cc2c(c1)c1cccn3c1c1c4c(ccc21)Oc1ccc2c5ccccc5c5ccc[n+]6c5c2c1C436. The zero-order valence-corrected chi connectivity index (χ0v) is 20.5. The third kappa shape index (κ3) is 1.61. The van der Waals surface area contributed by atoms with Crippen LogP contribution < -0.4 is 13.9 Å². The molecule has 1 atom stereocenters. The summed E-state index contributed by atoms with van der Waals surface area (Å²) in [6.45, 7) is 0. The van der Waals surface area contributed by atoms with E-state index in [1.165, 1.54) is 76.0 Å². The number of aromatic nitrogens is 3. The van der Waals surface area contributed by atoms with Crippen LogP contribution in [0.5, 0.6) is 11.5 Å². The van der Waals surface area contributed by atoms with Crippen LogP contribution in [0.4, 0.5) is 0 Å². The van der Waals surface area contributed by atoms with E-state index in [0.717, 1.165) is 11.5 Å². The molecule has 4 heteroatoms. The quantitative estimate of drug-likeness (QED) is 0.176. The van der Waals surface area contributed by atoms with E-state index in [4.69, 9.17) is 4.74 Å². The van der Waals surface area contributed by atoms with Crippen LogP contribution in [0.2, 0.25) is 0 Å². The Labute approximate surface area is 216 Å².